The van der Waals surface area contributed by atoms with Gasteiger partial charge in [0.25, 0.3) is 0 Å². The molecule has 46 heavy (non-hydrogen) atoms. The van der Waals surface area contributed by atoms with Crippen molar-refractivity contribution < 1.29 is 28.2 Å². The summed E-state index contributed by atoms with van der Waals surface area (Å²) < 4.78 is 23.4. The molecule has 1 amide bonds. The van der Waals surface area contributed by atoms with Crippen LogP contribution < -0.4 is 5.32 Å². The Balaban J connectivity index is 5.44. The first-order valence-corrected chi connectivity index (χ1v) is 19.5. The highest BCUT2D eigenvalue weighted by Crippen LogP contribution is 2.36. The fraction of sp³-hybridized carbons (Fsp3) is 0.684. The van der Waals surface area contributed by atoms with Crippen molar-refractivity contribution in [1.82, 2.24) is 5.32 Å². The van der Waals surface area contributed by atoms with Gasteiger partial charge in [-0.15, -0.1) is 0 Å². The highest BCUT2D eigenvalue weighted by molar-refractivity contribution is 6.74. The number of nitrogens with one attached hydrogen (secondary N) is 1. The lowest BCUT2D eigenvalue weighted by Crippen LogP contribution is -2.41. The Morgan fingerprint density at radius 2 is 1.46 bits per heavy atom. The molecule has 1 N–H and O–H groups in total. The van der Waals surface area contributed by atoms with E-state index in [1.165, 1.54) is 5.57 Å². The van der Waals surface area contributed by atoms with E-state index in [4.69, 9.17) is 18.6 Å². The highest BCUT2D eigenvalue weighted by Gasteiger charge is 2.37. The minimum absolute atomic E-state index is 0.0103. The fourth-order valence-corrected chi connectivity index (χ4v) is 4.77. The molecule has 8 heteroatoms. The lowest BCUT2D eigenvalue weighted by molar-refractivity contribution is -0.158. The summed E-state index contributed by atoms with van der Waals surface area (Å²) >= 11 is 0. The molecule has 0 aromatic heterocycles. The van der Waals surface area contributed by atoms with Crippen molar-refractivity contribution in [2.24, 2.45) is 11.3 Å². The van der Waals surface area contributed by atoms with E-state index in [1.807, 2.05) is 92.7 Å². The van der Waals surface area contributed by atoms with Gasteiger partial charge < -0.3 is 24.0 Å². The maximum atomic E-state index is 12.9. The van der Waals surface area contributed by atoms with Crippen LogP contribution in [0, 0.1) is 11.3 Å². The number of alkyl carbamates (subject to hydrolysis) is 1. The Labute approximate surface area is 283 Å². The molecule has 7 nitrogen and oxygen atoms in total. The van der Waals surface area contributed by atoms with Crippen molar-refractivity contribution >= 4 is 20.4 Å². The normalized spacial score (nSPS) is 16.5. The van der Waals surface area contributed by atoms with Crippen molar-refractivity contribution in [2.75, 3.05) is 20.3 Å². The van der Waals surface area contributed by atoms with Crippen LogP contribution in [0.15, 0.2) is 59.3 Å². The van der Waals surface area contributed by atoms with Crippen LogP contribution in [0.2, 0.25) is 18.1 Å². The molecule has 0 heterocycles. The molecular weight excluding hydrogens is 595 g/mol. The largest absolute Gasteiger partial charge is 0.457 e. The summed E-state index contributed by atoms with van der Waals surface area (Å²) in [5.41, 5.74) is 1.92. The topological polar surface area (TPSA) is 83.1 Å². The van der Waals surface area contributed by atoms with Gasteiger partial charge >= 0.3 is 12.1 Å². The molecule has 0 aliphatic carbocycles. The van der Waals surface area contributed by atoms with E-state index in [0.29, 0.717) is 13.2 Å². The number of ether oxygens (including phenoxy) is 3. The number of rotatable bonds is 16. The van der Waals surface area contributed by atoms with Gasteiger partial charge in [-0.3, -0.25) is 4.79 Å². The van der Waals surface area contributed by atoms with Crippen molar-refractivity contribution in [2.45, 2.75) is 139 Å². The van der Waals surface area contributed by atoms with Gasteiger partial charge in [-0.25, -0.2) is 4.79 Å². The third kappa shape index (κ3) is 18.7. The van der Waals surface area contributed by atoms with E-state index in [-0.39, 0.29) is 23.0 Å². The molecule has 0 aromatic carbocycles. The maximum Gasteiger partial charge on any atom is 0.407 e. The summed E-state index contributed by atoms with van der Waals surface area (Å²) in [5, 5.41) is 2.97. The van der Waals surface area contributed by atoms with Gasteiger partial charge in [-0.1, -0.05) is 81.4 Å². The van der Waals surface area contributed by atoms with E-state index < -0.39 is 31.5 Å². The highest BCUT2D eigenvalue weighted by atomic mass is 28.4. The van der Waals surface area contributed by atoms with E-state index in [2.05, 4.69) is 58.3 Å². The summed E-state index contributed by atoms with van der Waals surface area (Å²) in [5.74, 6) is -0.334. The second-order valence-electron chi connectivity index (χ2n) is 15.9. The van der Waals surface area contributed by atoms with Crippen molar-refractivity contribution in [3.05, 3.63) is 59.3 Å². The minimum atomic E-state index is -1.76. The number of carbonyl (C=O) groups excluding carboxylic acids is 2. The summed E-state index contributed by atoms with van der Waals surface area (Å²) in [4.78, 5) is 24.9. The van der Waals surface area contributed by atoms with Crippen LogP contribution in [-0.4, -0.2) is 58.5 Å². The second-order valence-corrected chi connectivity index (χ2v) is 20.7. The number of amides is 1. The first kappa shape index (κ1) is 43.6. The Hall–Kier alpha value is -2.42. The molecule has 0 spiro atoms. The number of carbonyl (C=O) groups is 2. The van der Waals surface area contributed by atoms with Crippen LogP contribution in [0.3, 0.4) is 0 Å². The Kier molecular flexibility index (Phi) is 18.4. The van der Waals surface area contributed by atoms with E-state index >= 15 is 0 Å². The lowest BCUT2D eigenvalue weighted by Gasteiger charge is -2.36. The number of allylic oxidation sites excluding steroid dienone is 5. The molecule has 0 saturated heterocycles. The molecule has 0 fully saturated rings. The van der Waals surface area contributed by atoms with Gasteiger partial charge in [0.15, 0.2) is 8.32 Å². The molecule has 0 bridgehead atoms. The molecule has 0 rings (SSSR count). The van der Waals surface area contributed by atoms with Gasteiger partial charge in [0.1, 0.15) is 11.7 Å². The molecule has 0 aliphatic heterocycles. The van der Waals surface area contributed by atoms with Crippen LogP contribution in [0.4, 0.5) is 4.79 Å². The van der Waals surface area contributed by atoms with Crippen molar-refractivity contribution in [3.63, 3.8) is 0 Å². The van der Waals surface area contributed by atoms with Gasteiger partial charge in [0, 0.05) is 19.6 Å². The van der Waals surface area contributed by atoms with Crippen LogP contribution in [0.1, 0.15) is 103 Å². The van der Waals surface area contributed by atoms with Crippen molar-refractivity contribution in [1.29, 1.82) is 0 Å². The smallest absolute Gasteiger partial charge is 0.407 e. The van der Waals surface area contributed by atoms with Gasteiger partial charge in [0.2, 0.25) is 0 Å². The molecule has 0 aliphatic rings. The number of methoxy groups -OCH3 is 1. The van der Waals surface area contributed by atoms with Gasteiger partial charge in [-0.05, 0) is 98.9 Å². The van der Waals surface area contributed by atoms with Crippen molar-refractivity contribution in [3.8, 4) is 0 Å². The predicted octanol–water partition coefficient (Wildman–Crippen LogP) is 9.87. The number of hydrogen-bond donors (Lipinski definition) is 1. The molecule has 0 saturated carbocycles. The van der Waals surface area contributed by atoms with E-state index in [0.717, 1.165) is 24.0 Å². The second kappa shape index (κ2) is 19.4. The monoisotopic (exact) mass is 661 g/mol. The molecule has 264 valence electrons. The van der Waals surface area contributed by atoms with Gasteiger partial charge in [0.05, 0.1) is 18.1 Å². The third-order valence-corrected chi connectivity index (χ3v) is 12.4. The SMILES string of the molecule is CO[C@H](/C=C/C=C/[C@H](C)[C@H](OC(=O)C(C)(C)C)/C(C)=C/C=C(\C)CNC(=O)OC(C)(C)C)CC/C=C(/C)CO[Si](C)(C)C(C)(C)C. The average Bonchev–Trinajstić information content (AvgIpc) is 2.91. The van der Waals surface area contributed by atoms with Gasteiger partial charge in [-0.2, -0.15) is 0 Å². The minimum Gasteiger partial charge on any atom is -0.457 e. The Bertz CT molecular complexity index is 1110. The van der Waals surface area contributed by atoms with E-state index in [9.17, 15) is 9.59 Å². The zero-order valence-corrected chi connectivity index (χ0v) is 33.1. The zero-order chi connectivity index (χ0) is 35.9. The first-order valence-electron chi connectivity index (χ1n) is 16.6. The van der Waals surface area contributed by atoms with Crippen LogP contribution in [0.25, 0.3) is 0 Å². The molecule has 0 aromatic rings. The average molecular weight is 662 g/mol. The predicted molar refractivity (Wildman–Crippen MR) is 195 cm³/mol. The fourth-order valence-electron chi connectivity index (χ4n) is 3.75. The van der Waals surface area contributed by atoms with Crippen LogP contribution >= 0.6 is 0 Å². The Morgan fingerprint density at radius 3 is 1.98 bits per heavy atom. The number of hydrogen-bond acceptors (Lipinski definition) is 6. The zero-order valence-electron chi connectivity index (χ0n) is 32.1. The Morgan fingerprint density at radius 1 is 0.870 bits per heavy atom. The molecular formula is C38H67NO6Si. The summed E-state index contributed by atoms with van der Waals surface area (Å²) in [6.45, 7) is 31.5. The van der Waals surface area contributed by atoms with Crippen LogP contribution in [0.5, 0.6) is 0 Å². The number of esters is 1. The molecule has 0 radical (unpaired) electrons. The standard InChI is InChI=1S/C38H67NO6Si/c1-28(26-39-35(41)45-37(8,9)10)24-25-31(4)33(44-34(40)36(5,6)7)30(3)21-17-18-22-32(42-14)23-19-20-29(2)27-43-46(15,16)38(11,12)13/h17-18,20-22,24-25,30,32-33H,19,23,26-27H2,1-16H3,(H,39,41)/b21-17+,22-18+,28-24+,29-20-,31-25+/t30-,32+,33-/m0/s1. The summed E-state index contributed by atoms with van der Waals surface area (Å²) in [6.07, 6.45) is 15.1. The molecule has 0 unspecified atom stereocenters. The van der Waals surface area contributed by atoms with Crippen LogP contribution in [-0.2, 0) is 23.4 Å². The quantitative estimate of drug-likeness (QED) is 0.0767. The molecule has 3 atom stereocenters. The third-order valence-electron chi connectivity index (χ3n) is 7.88. The summed E-state index contributed by atoms with van der Waals surface area (Å²) in [6, 6.07) is 0. The summed E-state index contributed by atoms with van der Waals surface area (Å²) in [7, 11) is -0.0318. The lowest BCUT2D eigenvalue weighted by atomic mass is 9.94. The first-order chi connectivity index (χ1) is 20.9. The maximum absolute atomic E-state index is 12.9. The van der Waals surface area contributed by atoms with E-state index in [1.54, 1.807) is 7.11 Å².